The van der Waals surface area contributed by atoms with Gasteiger partial charge in [-0.25, -0.2) is 0 Å². The van der Waals surface area contributed by atoms with Crippen molar-refractivity contribution >= 4 is 17.7 Å². The van der Waals surface area contributed by atoms with Crippen LogP contribution < -0.4 is 9.47 Å². The quantitative estimate of drug-likeness (QED) is 0.641. The van der Waals surface area contributed by atoms with Gasteiger partial charge in [0.2, 0.25) is 0 Å². The Bertz CT molecular complexity index is 854. The molecule has 2 heterocycles. The molecule has 25 heavy (non-hydrogen) atoms. The highest BCUT2D eigenvalue weighted by Crippen LogP contribution is 2.38. The van der Waals surface area contributed by atoms with E-state index in [1.54, 1.807) is 43.1 Å². The summed E-state index contributed by atoms with van der Waals surface area (Å²) in [6.07, 6.45) is 3.06. The second-order valence-corrected chi connectivity index (χ2v) is 5.79. The van der Waals surface area contributed by atoms with Crippen LogP contribution in [0.2, 0.25) is 0 Å². The van der Waals surface area contributed by atoms with Crippen molar-refractivity contribution in [1.29, 1.82) is 0 Å². The summed E-state index contributed by atoms with van der Waals surface area (Å²) in [5.41, 5.74) is 1.28. The van der Waals surface area contributed by atoms with Gasteiger partial charge < -0.3 is 19.0 Å². The van der Waals surface area contributed by atoms with E-state index in [-0.39, 0.29) is 5.75 Å². The highest BCUT2D eigenvalue weighted by Gasteiger charge is 2.23. The highest BCUT2D eigenvalue weighted by molar-refractivity contribution is 7.99. The number of carbonyl (C=O) groups is 1. The molecule has 0 aliphatic carbocycles. The van der Waals surface area contributed by atoms with E-state index in [4.69, 9.17) is 19.0 Å². The lowest BCUT2D eigenvalue weighted by molar-refractivity contribution is -0.133. The third-order valence-corrected chi connectivity index (χ3v) is 4.28. The molecule has 0 aliphatic rings. The molecule has 1 aromatic carbocycles. The average Bonchev–Trinajstić information content (AvgIpc) is 3.28. The molecule has 2 aromatic heterocycles. The standard InChI is InChI=1S/C16H15N3O5S/c1-22-11-4-3-5-12(23-2)14(11)19-15(10-6-7-24-8-10)17-18-16(19)25-9-13(20)21/h3-8H,9H2,1-2H3,(H,20,21). The Kier molecular flexibility index (Phi) is 4.94. The first-order valence-electron chi connectivity index (χ1n) is 7.19. The van der Waals surface area contributed by atoms with Crippen molar-refractivity contribution in [2.24, 2.45) is 0 Å². The van der Waals surface area contributed by atoms with Crippen molar-refractivity contribution in [3.63, 3.8) is 0 Å². The Balaban J connectivity index is 2.23. The van der Waals surface area contributed by atoms with Crippen LogP contribution in [-0.2, 0) is 4.79 Å². The Morgan fingerprint density at radius 3 is 2.52 bits per heavy atom. The third-order valence-electron chi connectivity index (χ3n) is 3.36. The number of aromatic nitrogens is 3. The number of ether oxygens (including phenoxy) is 2. The minimum atomic E-state index is -0.948. The average molecular weight is 361 g/mol. The lowest BCUT2D eigenvalue weighted by Crippen LogP contribution is -2.06. The molecule has 3 aromatic rings. The molecule has 0 atom stereocenters. The van der Waals surface area contributed by atoms with Gasteiger partial charge in [-0.3, -0.25) is 9.36 Å². The molecule has 0 fully saturated rings. The van der Waals surface area contributed by atoms with E-state index >= 15 is 0 Å². The van der Waals surface area contributed by atoms with Crippen LogP contribution in [0.1, 0.15) is 0 Å². The van der Waals surface area contributed by atoms with Crippen LogP contribution in [0.25, 0.3) is 17.1 Å². The van der Waals surface area contributed by atoms with E-state index in [2.05, 4.69) is 10.2 Å². The summed E-state index contributed by atoms with van der Waals surface area (Å²) >= 11 is 1.05. The van der Waals surface area contributed by atoms with Gasteiger partial charge >= 0.3 is 5.97 Å². The Labute approximate surface area is 147 Å². The fourth-order valence-corrected chi connectivity index (χ4v) is 2.98. The fraction of sp³-hybridized carbons (Fsp3) is 0.188. The van der Waals surface area contributed by atoms with Gasteiger partial charge in [0.15, 0.2) is 11.0 Å². The maximum Gasteiger partial charge on any atom is 0.313 e. The number of aliphatic carboxylic acids is 1. The van der Waals surface area contributed by atoms with Crippen molar-refractivity contribution in [1.82, 2.24) is 14.8 Å². The normalized spacial score (nSPS) is 10.6. The summed E-state index contributed by atoms with van der Waals surface area (Å²) < 4.78 is 17.8. The monoisotopic (exact) mass is 361 g/mol. The predicted octanol–water partition coefficient (Wildman–Crippen LogP) is 2.72. The molecule has 3 rings (SSSR count). The van der Waals surface area contributed by atoms with Gasteiger partial charge in [0.1, 0.15) is 23.4 Å². The lowest BCUT2D eigenvalue weighted by atomic mass is 10.2. The fourth-order valence-electron chi connectivity index (χ4n) is 2.32. The summed E-state index contributed by atoms with van der Waals surface area (Å²) in [5.74, 6) is 0.476. The summed E-state index contributed by atoms with van der Waals surface area (Å²) in [6.45, 7) is 0. The predicted molar refractivity (Wildman–Crippen MR) is 90.5 cm³/mol. The van der Waals surface area contributed by atoms with E-state index in [0.29, 0.717) is 33.7 Å². The molecule has 0 saturated carbocycles. The Morgan fingerprint density at radius 1 is 1.24 bits per heavy atom. The number of nitrogens with zero attached hydrogens (tertiary/aromatic N) is 3. The van der Waals surface area contributed by atoms with Gasteiger partial charge in [0.05, 0.1) is 31.8 Å². The number of furan rings is 1. The van der Waals surface area contributed by atoms with Crippen molar-refractivity contribution < 1.29 is 23.8 Å². The van der Waals surface area contributed by atoms with Gasteiger partial charge in [-0.2, -0.15) is 0 Å². The number of hydrogen-bond acceptors (Lipinski definition) is 7. The molecule has 0 bridgehead atoms. The third kappa shape index (κ3) is 3.31. The van der Waals surface area contributed by atoms with Gasteiger partial charge in [-0.05, 0) is 18.2 Å². The van der Waals surface area contributed by atoms with Crippen LogP contribution in [-0.4, -0.2) is 45.8 Å². The summed E-state index contributed by atoms with van der Waals surface area (Å²) in [4.78, 5) is 11.0. The van der Waals surface area contributed by atoms with Crippen molar-refractivity contribution in [2.45, 2.75) is 5.16 Å². The maximum atomic E-state index is 11.0. The van der Waals surface area contributed by atoms with Crippen molar-refractivity contribution in [2.75, 3.05) is 20.0 Å². The maximum absolute atomic E-state index is 11.0. The van der Waals surface area contributed by atoms with E-state index in [0.717, 1.165) is 11.8 Å². The number of rotatable bonds is 7. The summed E-state index contributed by atoms with van der Waals surface area (Å²) in [6, 6.07) is 7.10. The van der Waals surface area contributed by atoms with Crippen LogP contribution >= 0.6 is 11.8 Å². The van der Waals surface area contributed by atoms with E-state index < -0.39 is 5.97 Å². The molecule has 0 amide bonds. The van der Waals surface area contributed by atoms with Crippen molar-refractivity contribution in [3.8, 4) is 28.6 Å². The number of hydrogen-bond donors (Lipinski definition) is 1. The van der Waals surface area contributed by atoms with Crippen LogP contribution in [0.4, 0.5) is 0 Å². The first-order valence-corrected chi connectivity index (χ1v) is 8.18. The smallest absolute Gasteiger partial charge is 0.313 e. The van der Waals surface area contributed by atoms with Gasteiger partial charge in [0.25, 0.3) is 0 Å². The molecule has 0 aliphatic heterocycles. The van der Waals surface area contributed by atoms with Gasteiger partial charge in [-0.15, -0.1) is 10.2 Å². The van der Waals surface area contributed by atoms with Crippen LogP contribution in [0, 0.1) is 0 Å². The van der Waals surface area contributed by atoms with E-state index in [1.165, 1.54) is 12.5 Å². The number of para-hydroxylation sites is 1. The van der Waals surface area contributed by atoms with Crippen molar-refractivity contribution in [3.05, 3.63) is 36.8 Å². The van der Waals surface area contributed by atoms with Gasteiger partial charge in [0, 0.05) is 0 Å². The number of carboxylic acids is 1. The molecule has 0 radical (unpaired) electrons. The molecular weight excluding hydrogens is 346 g/mol. The molecule has 1 N–H and O–H groups in total. The van der Waals surface area contributed by atoms with Gasteiger partial charge in [-0.1, -0.05) is 17.8 Å². The lowest BCUT2D eigenvalue weighted by Gasteiger charge is -2.16. The van der Waals surface area contributed by atoms with E-state index in [1.807, 2.05) is 0 Å². The van der Waals surface area contributed by atoms with Crippen LogP contribution in [0.5, 0.6) is 11.5 Å². The SMILES string of the molecule is COc1cccc(OC)c1-n1c(SCC(=O)O)nnc1-c1ccoc1. The van der Waals surface area contributed by atoms with Crippen LogP contribution in [0.3, 0.4) is 0 Å². The number of methoxy groups -OCH3 is 2. The summed E-state index contributed by atoms with van der Waals surface area (Å²) in [5, 5.41) is 17.7. The first-order chi connectivity index (χ1) is 12.2. The van der Waals surface area contributed by atoms with Crippen LogP contribution in [0.15, 0.2) is 46.4 Å². The largest absolute Gasteiger partial charge is 0.494 e. The molecule has 9 heteroatoms. The first kappa shape index (κ1) is 16.9. The minimum absolute atomic E-state index is 0.152. The number of thioether (sulfide) groups is 1. The Morgan fingerprint density at radius 2 is 1.96 bits per heavy atom. The second kappa shape index (κ2) is 7.31. The number of carboxylic acid groups (broad SMARTS) is 1. The van der Waals surface area contributed by atoms with E-state index in [9.17, 15) is 4.79 Å². The molecule has 0 saturated heterocycles. The minimum Gasteiger partial charge on any atom is -0.494 e. The number of benzene rings is 1. The molecule has 0 unspecified atom stereocenters. The zero-order valence-corrected chi connectivity index (χ0v) is 14.3. The summed E-state index contributed by atoms with van der Waals surface area (Å²) in [7, 11) is 3.09. The zero-order valence-electron chi connectivity index (χ0n) is 13.5. The Hall–Kier alpha value is -2.94. The molecular formula is C16H15N3O5S. The zero-order chi connectivity index (χ0) is 17.8. The molecule has 8 nitrogen and oxygen atoms in total. The topological polar surface area (TPSA) is 99.6 Å². The molecule has 130 valence electrons. The second-order valence-electron chi connectivity index (χ2n) is 4.85. The highest BCUT2D eigenvalue weighted by atomic mass is 32.2. The molecule has 0 spiro atoms.